The number of ether oxygens (including phenoxy) is 1. The van der Waals surface area contributed by atoms with Gasteiger partial charge in [-0.2, -0.15) is 0 Å². The standard InChI is InChI=1S/C30H28N4O7S/c35-28(33-16-18-34(19-17-33)30(37)27-11-6-20-40-27)21-31-29(36)22-12-14-24(15-13-22)42(38,39)32-25-9-4-5-10-26(25)41-23-7-2-1-3-8-23/h1-15,20,32H,16-19,21H2,(H,31,36). The van der Waals surface area contributed by atoms with E-state index in [0.29, 0.717) is 37.7 Å². The first-order valence-corrected chi connectivity index (χ1v) is 14.6. The Balaban J connectivity index is 1.14. The number of nitrogens with one attached hydrogen (secondary N) is 2. The van der Waals surface area contributed by atoms with E-state index in [1.54, 1.807) is 58.3 Å². The summed E-state index contributed by atoms with van der Waals surface area (Å²) in [5, 5.41) is 2.57. The highest BCUT2D eigenvalue weighted by atomic mass is 32.2. The van der Waals surface area contributed by atoms with Crippen molar-refractivity contribution in [2.75, 3.05) is 37.4 Å². The smallest absolute Gasteiger partial charge is 0.289 e. The predicted molar refractivity (Wildman–Crippen MR) is 154 cm³/mol. The zero-order valence-corrected chi connectivity index (χ0v) is 23.3. The van der Waals surface area contributed by atoms with Crippen LogP contribution in [0.15, 0.2) is 107 Å². The number of rotatable bonds is 9. The minimum atomic E-state index is -3.99. The van der Waals surface area contributed by atoms with Crippen LogP contribution in [0.25, 0.3) is 0 Å². The van der Waals surface area contributed by atoms with Gasteiger partial charge in [0.15, 0.2) is 11.5 Å². The number of nitrogens with zero attached hydrogens (tertiary/aromatic N) is 2. The molecule has 12 heteroatoms. The van der Waals surface area contributed by atoms with E-state index in [2.05, 4.69) is 10.0 Å². The van der Waals surface area contributed by atoms with Crippen LogP contribution in [0.1, 0.15) is 20.9 Å². The number of carbonyl (C=O) groups is 3. The number of hydrogen-bond donors (Lipinski definition) is 2. The quantitative estimate of drug-likeness (QED) is 0.305. The maximum Gasteiger partial charge on any atom is 0.289 e. The number of para-hydroxylation sites is 3. The molecule has 1 fully saturated rings. The van der Waals surface area contributed by atoms with Crippen LogP contribution in [-0.4, -0.2) is 68.7 Å². The number of hydrogen-bond acceptors (Lipinski definition) is 7. The largest absolute Gasteiger partial charge is 0.459 e. The molecule has 0 radical (unpaired) electrons. The van der Waals surface area contributed by atoms with Gasteiger partial charge in [-0.25, -0.2) is 8.42 Å². The Kier molecular flexibility index (Phi) is 8.53. The highest BCUT2D eigenvalue weighted by molar-refractivity contribution is 7.92. The average molecular weight is 589 g/mol. The summed E-state index contributed by atoms with van der Waals surface area (Å²) in [6.45, 7) is 1.14. The number of furan rings is 1. The highest BCUT2D eigenvalue weighted by Gasteiger charge is 2.26. The van der Waals surface area contributed by atoms with Crippen LogP contribution < -0.4 is 14.8 Å². The lowest BCUT2D eigenvalue weighted by atomic mass is 10.2. The van der Waals surface area contributed by atoms with Gasteiger partial charge in [0.2, 0.25) is 5.91 Å². The van der Waals surface area contributed by atoms with Crippen LogP contribution >= 0.6 is 0 Å². The summed E-state index contributed by atoms with van der Waals surface area (Å²) in [6, 6.07) is 24.3. The summed E-state index contributed by atoms with van der Waals surface area (Å²) in [5.74, 6) is 0.102. The van der Waals surface area contributed by atoms with E-state index >= 15 is 0 Å². The lowest BCUT2D eigenvalue weighted by Crippen LogP contribution is -2.52. The van der Waals surface area contributed by atoms with Crippen LogP contribution in [0.2, 0.25) is 0 Å². The molecule has 0 atom stereocenters. The predicted octanol–water partition coefficient (Wildman–Crippen LogP) is 3.59. The third kappa shape index (κ3) is 6.78. The molecular weight excluding hydrogens is 560 g/mol. The molecule has 5 rings (SSSR count). The number of benzene rings is 3. The van der Waals surface area contributed by atoms with Gasteiger partial charge in [0.25, 0.3) is 21.8 Å². The van der Waals surface area contributed by atoms with Gasteiger partial charge < -0.3 is 24.3 Å². The van der Waals surface area contributed by atoms with Crippen LogP contribution in [0.3, 0.4) is 0 Å². The SMILES string of the molecule is O=C(NCC(=O)N1CCN(C(=O)c2ccco2)CC1)c1ccc(S(=O)(=O)Nc2ccccc2Oc2ccccc2)cc1. The minimum Gasteiger partial charge on any atom is -0.459 e. The third-order valence-electron chi connectivity index (χ3n) is 6.58. The van der Waals surface area contributed by atoms with E-state index in [1.165, 1.54) is 30.5 Å². The lowest BCUT2D eigenvalue weighted by Gasteiger charge is -2.34. The Labute approximate surface area is 242 Å². The molecule has 1 aliphatic heterocycles. The van der Waals surface area contributed by atoms with E-state index in [1.807, 2.05) is 18.2 Å². The van der Waals surface area contributed by atoms with Crippen LogP contribution in [0.4, 0.5) is 5.69 Å². The second-order valence-electron chi connectivity index (χ2n) is 9.37. The molecule has 0 unspecified atom stereocenters. The van der Waals surface area contributed by atoms with Crippen molar-refractivity contribution in [1.29, 1.82) is 0 Å². The molecule has 2 N–H and O–H groups in total. The molecule has 216 valence electrons. The summed E-state index contributed by atoms with van der Waals surface area (Å²) in [4.78, 5) is 40.8. The summed E-state index contributed by atoms with van der Waals surface area (Å²) in [7, 11) is -3.99. The highest BCUT2D eigenvalue weighted by Crippen LogP contribution is 2.31. The summed E-state index contributed by atoms with van der Waals surface area (Å²) >= 11 is 0. The monoisotopic (exact) mass is 588 g/mol. The number of anilines is 1. The molecule has 3 aromatic carbocycles. The van der Waals surface area contributed by atoms with Crippen molar-refractivity contribution in [3.63, 3.8) is 0 Å². The van der Waals surface area contributed by atoms with E-state index < -0.39 is 15.9 Å². The van der Waals surface area contributed by atoms with Crippen molar-refractivity contribution < 1.29 is 32.0 Å². The average Bonchev–Trinajstić information content (AvgIpc) is 3.56. The fraction of sp³-hybridized carbons (Fsp3) is 0.167. The van der Waals surface area contributed by atoms with Crippen LogP contribution in [0.5, 0.6) is 11.5 Å². The van der Waals surface area contributed by atoms with Crippen molar-refractivity contribution in [2.24, 2.45) is 0 Å². The van der Waals surface area contributed by atoms with E-state index in [4.69, 9.17) is 9.15 Å². The second kappa shape index (κ2) is 12.6. The first-order chi connectivity index (χ1) is 20.3. The van der Waals surface area contributed by atoms with Crippen LogP contribution in [0, 0.1) is 0 Å². The summed E-state index contributed by atoms with van der Waals surface area (Å²) in [5.41, 5.74) is 0.455. The van der Waals surface area contributed by atoms with Crippen molar-refractivity contribution >= 4 is 33.4 Å². The molecule has 11 nitrogen and oxygen atoms in total. The summed E-state index contributed by atoms with van der Waals surface area (Å²) < 4.78 is 39.6. The maximum atomic E-state index is 13.1. The van der Waals surface area contributed by atoms with Gasteiger partial charge in [0, 0.05) is 31.7 Å². The Hall–Kier alpha value is -5.10. The number of amides is 3. The molecule has 0 spiro atoms. The molecule has 3 amide bonds. The van der Waals surface area contributed by atoms with Crippen molar-refractivity contribution in [1.82, 2.24) is 15.1 Å². The third-order valence-corrected chi connectivity index (χ3v) is 7.96. The topological polar surface area (TPSA) is 138 Å². The molecule has 1 saturated heterocycles. The van der Waals surface area contributed by atoms with Crippen LogP contribution in [-0.2, 0) is 14.8 Å². The van der Waals surface area contributed by atoms with Crippen molar-refractivity contribution in [2.45, 2.75) is 4.90 Å². The molecule has 0 saturated carbocycles. The Bertz CT molecular complexity index is 1650. The Morgan fingerprint density at radius 3 is 2.14 bits per heavy atom. The lowest BCUT2D eigenvalue weighted by molar-refractivity contribution is -0.131. The molecule has 1 aromatic heterocycles. The molecular formula is C30H28N4O7S. The van der Waals surface area contributed by atoms with Crippen molar-refractivity contribution in [3.05, 3.63) is 109 Å². The van der Waals surface area contributed by atoms with E-state index in [-0.39, 0.29) is 40.3 Å². The Morgan fingerprint density at radius 1 is 0.786 bits per heavy atom. The normalized spacial score (nSPS) is 13.3. The molecule has 2 heterocycles. The summed E-state index contributed by atoms with van der Waals surface area (Å²) in [6.07, 6.45) is 1.43. The van der Waals surface area contributed by atoms with Gasteiger partial charge in [-0.05, 0) is 60.7 Å². The van der Waals surface area contributed by atoms with E-state index in [9.17, 15) is 22.8 Å². The number of carbonyl (C=O) groups excluding carboxylic acids is 3. The minimum absolute atomic E-state index is 0.0494. The zero-order valence-electron chi connectivity index (χ0n) is 22.4. The fourth-order valence-corrected chi connectivity index (χ4v) is 5.40. The molecule has 0 bridgehead atoms. The van der Waals surface area contributed by atoms with Gasteiger partial charge in [-0.15, -0.1) is 0 Å². The Morgan fingerprint density at radius 2 is 1.45 bits per heavy atom. The molecule has 1 aliphatic rings. The van der Waals surface area contributed by atoms with Crippen molar-refractivity contribution in [3.8, 4) is 11.5 Å². The van der Waals surface area contributed by atoms with Gasteiger partial charge in [0.1, 0.15) is 5.75 Å². The van der Waals surface area contributed by atoms with Gasteiger partial charge in [0.05, 0.1) is 23.4 Å². The number of sulfonamides is 1. The fourth-order valence-electron chi connectivity index (χ4n) is 4.33. The maximum absolute atomic E-state index is 13.1. The molecule has 42 heavy (non-hydrogen) atoms. The molecule has 4 aromatic rings. The second-order valence-corrected chi connectivity index (χ2v) is 11.1. The first kappa shape index (κ1) is 28.4. The van der Waals surface area contributed by atoms with Gasteiger partial charge in [-0.1, -0.05) is 30.3 Å². The zero-order chi connectivity index (χ0) is 29.5. The molecule has 0 aliphatic carbocycles. The van der Waals surface area contributed by atoms with E-state index in [0.717, 1.165) is 0 Å². The van der Waals surface area contributed by atoms with Gasteiger partial charge >= 0.3 is 0 Å². The number of piperazine rings is 1. The first-order valence-electron chi connectivity index (χ1n) is 13.1. The van der Waals surface area contributed by atoms with Gasteiger partial charge in [-0.3, -0.25) is 19.1 Å².